The third kappa shape index (κ3) is 4.47. The van der Waals surface area contributed by atoms with Gasteiger partial charge in [0.1, 0.15) is 4.90 Å². The molecule has 9 heteroatoms. The Balaban J connectivity index is 0.00000242. The van der Waals surface area contributed by atoms with E-state index in [1.807, 2.05) is 0 Å². The quantitative estimate of drug-likeness (QED) is 0.784. The van der Waals surface area contributed by atoms with Gasteiger partial charge in [-0.05, 0) is 31.5 Å². The molecule has 0 amide bonds. The Morgan fingerprint density at radius 2 is 2.00 bits per heavy atom. The SMILES string of the molecule is COCC1(CNS(=O)(=O)c2c(Cl)cccc2Cl)CCCN1.Cl. The van der Waals surface area contributed by atoms with Crippen molar-refractivity contribution in [3.05, 3.63) is 28.2 Å². The molecule has 1 heterocycles. The summed E-state index contributed by atoms with van der Waals surface area (Å²) in [6.07, 6.45) is 1.83. The van der Waals surface area contributed by atoms with Crippen molar-refractivity contribution >= 4 is 45.6 Å². The van der Waals surface area contributed by atoms with Crippen LogP contribution in [0.15, 0.2) is 23.1 Å². The van der Waals surface area contributed by atoms with Gasteiger partial charge in [0.2, 0.25) is 10.0 Å². The van der Waals surface area contributed by atoms with Gasteiger partial charge in [-0.2, -0.15) is 0 Å². The fourth-order valence-electron chi connectivity index (χ4n) is 2.51. The molecule has 1 fully saturated rings. The highest BCUT2D eigenvalue weighted by Gasteiger charge is 2.35. The molecule has 1 unspecified atom stereocenters. The molecule has 1 aliphatic rings. The zero-order valence-corrected chi connectivity index (χ0v) is 15.2. The van der Waals surface area contributed by atoms with Gasteiger partial charge in [-0.3, -0.25) is 0 Å². The zero-order chi connectivity index (χ0) is 15.5. The van der Waals surface area contributed by atoms with Crippen molar-refractivity contribution in [2.45, 2.75) is 23.3 Å². The summed E-state index contributed by atoms with van der Waals surface area (Å²) >= 11 is 11.9. The number of hydrogen-bond donors (Lipinski definition) is 2. The molecule has 126 valence electrons. The van der Waals surface area contributed by atoms with Crippen LogP contribution in [0.2, 0.25) is 10.0 Å². The van der Waals surface area contributed by atoms with Gasteiger partial charge in [0.05, 0.1) is 22.2 Å². The lowest BCUT2D eigenvalue weighted by Gasteiger charge is -2.29. The van der Waals surface area contributed by atoms with Crippen LogP contribution in [0, 0.1) is 0 Å². The minimum atomic E-state index is -3.77. The molecule has 0 saturated carbocycles. The van der Waals surface area contributed by atoms with Crippen molar-refractivity contribution in [2.75, 3.05) is 26.8 Å². The van der Waals surface area contributed by atoms with E-state index >= 15 is 0 Å². The van der Waals surface area contributed by atoms with Crippen LogP contribution in [-0.2, 0) is 14.8 Å². The fourth-order valence-corrected chi connectivity index (χ4v) is 4.78. The van der Waals surface area contributed by atoms with Crippen LogP contribution < -0.4 is 10.0 Å². The second-order valence-corrected chi connectivity index (χ2v) is 7.64. The van der Waals surface area contributed by atoms with Crippen LogP contribution in [0.5, 0.6) is 0 Å². The van der Waals surface area contributed by atoms with Crippen LogP contribution in [0.1, 0.15) is 12.8 Å². The van der Waals surface area contributed by atoms with E-state index < -0.39 is 10.0 Å². The number of benzene rings is 1. The average Bonchev–Trinajstić information content (AvgIpc) is 2.86. The summed E-state index contributed by atoms with van der Waals surface area (Å²) in [5.74, 6) is 0. The predicted molar refractivity (Wildman–Crippen MR) is 90.7 cm³/mol. The number of rotatable bonds is 6. The molecular weight excluding hydrogens is 371 g/mol. The second-order valence-electron chi connectivity index (χ2n) is 5.12. The summed E-state index contributed by atoms with van der Waals surface area (Å²) in [5.41, 5.74) is -0.379. The van der Waals surface area contributed by atoms with E-state index in [0.29, 0.717) is 6.61 Å². The Labute approximate surface area is 147 Å². The topological polar surface area (TPSA) is 67.4 Å². The zero-order valence-electron chi connectivity index (χ0n) is 12.1. The first-order chi connectivity index (χ1) is 9.90. The minimum absolute atomic E-state index is 0. The molecular formula is C13H19Cl3N2O3S. The van der Waals surface area contributed by atoms with E-state index in [1.54, 1.807) is 13.2 Å². The van der Waals surface area contributed by atoms with E-state index in [2.05, 4.69) is 10.0 Å². The third-order valence-electron chi connectivity index (χ3n) is 3.54. The van der Waals surface area contributed by atoms with E-state index in [4.69, 9.17) is 27.9 Å². The molecule has 0 spiro atoms. The number of methoxy groups -OCH3 is 1. The number of halogens is 3. The van der Waals surface area contributed by atoms with Crippen LogP contribution in [0.4, 0.5) is 0 Å². The Morgan fingerprint density at radius 1 is 1.36 bits per heavy atom. The van der Waals surface area contributed by atoms with Crippen LogP contribution in [0.3, 0.4) is 0 Å². The van der Waals surface area contributed by atoms with Gasteiger partial charge in [-0.1, -0.05) is 29.3 Å². The van der Waals surface area contributed by atoms with Crippen LogP contribution >= 0.6 is 35.6 Å². The third-order valence-corrected chi connectivity index (χ3v) is 5.90. The van der Waals surface area contributed by atoms with Gasteiger partial charge in [0.15, 0.2) is 0 Å². The number of nitrogens with one attached hydrogen (secondary N) is 2. The molecule has 0 radical (unpaired) electrons. The fraction of sp³-hybridized carbons (Fsp3) is 0.538. The number of sulfonamides is 1. The Morgan fingerprint density at radius 3 is 2.50 bits per heavy atom. The smallest absolute Gasteiger partial charge is 0.243 e. The highest BCUT2D eigenvalue weighted by molar-refractivity contribution is 7.89. The summed E-state index contributed by atoms with van der Waals surface area (Å²) in [4.78, 5) is -0.0844. The van der Waals surface area contributed by atoms with E-state index in [0.717, 1.165) is 19.4 Å². The van der Waals surface area contributed by atoms with E-state index in [1.165, 1.54) is 12.1 Å². The lowest BCUT2D eigenvalue weighted by Crippen LogP contribution is -2.52. The Bertz CT molecular complexity index is 584. The normalized spacial score (nSPS) is 21.6. The maximum absolute atomic E-state index is 12.4. The van der Waals surface area contributed by atoms with Crippen LogP contribution in [-0.4, -0.2) is 40.8 Å². The molecule has 2 N–H and O–H groups in total. The largest absolute Gasteiger partial charge is 0.383 e. The molecule has 0 bridgehead atoms. The number of ether oxygens (including phenoxy) is 1. The van der Waals surface area contributed by atoms with Crippen molar-refractivity contribution in [3.8, 4) is 0 Å². The summed E-state index contributed by atoms with van der Waals surface area (Å²) in [7, 11) is -2.18. The average molecular weight is 390 g/mol. The summed E-state index contributed by atoms with van der Waals surface area (Å²) < 4.78 is 32.6. The van der Waals surface area contributed by atoms with Crippen LogP contribution in [0.25, 0.3) is 0 Å². The summed E-state index contributed by atoms with van der Waals surface area (Å²) in [5, 5.41) is 3.52. The van der Waals surface area contributed by atoms with Crippen molar-refractivity contribution in [1.29, 1.82) is 0 Å². The summed E-state index contributed by atoms with van der Waals surface area (Å²) in [6.45, 7) is 1.51. The maximum Gasteiger partial charge on any atom is 0.243 e. The monoisotopic (exact) mass is 388 g/mol. The van der Waals surface area contributed by atoms with Crippen molar-refractivity contribution in [2.24, 2.45) is 0 Å². The van der Waals surface area contributed by atoms with E-state index in [-0.39, 0.29) is 39.4 Å². The lowest BCUT2D eigenvalue weighted by atomic mass is 9.99. The molecule has 1 aromatic carbocycles. The molecule has 1 aromatic rings. The van der Waals surface area contributed by atoms with Crippen molar-refractivity contribution < 1.29 is 13.2 Å². The maximum atomic E-state index is 12.4. The molecule has 2 rings (SSSR count). The molecule has 22 heavy (non-hydrogen) atoms. The van der Waals surface area contributed by atoms with Gasteiger partial charge in [0.25, 0.3) is 0 Å². The van der Waals surface area contributed by atoms with Gasteiger partial charge < -0.3 is 10.1 Å². The van der Waals surface area contributed by atoms with Gasteiger partial charge in [-0.15, -0.1) is 12.4 Å². The van der Waals surface area contributed by atoms with Crippen molar-refractivity contribution in [3.63, 3.8) is 0 Å². The number of hydrogen-bond acceptors (Lipinski definition) is 4. The lowest BCUT2D eigenvalue weighted by molar-refractivity contribution is 0.122. The van der Waals surface area contributed by atoms with Gasteiger partial charge >= 0.3 is 0 Å². The summed E-state index contributed by atoms with van der Waals surface area (Å²) in [6, 6.07) is 4.61. The molecule has 1 saturated heterocycles. The van der Waals surface area contributed by atoms with Gasteiger partial charge in [-0.25, -0.2) is 13.1 Å². The van der Waals surface area contributed by atoms with E-state index in [9.17, 15) is 8.42 Å². The molecule has 1 aliphatic heterocycles. The second kappa shape index (κ2) is 8.15. The Kier molecular flexibility index (Phi) is 7.39. The molecule has 0 aromatic heterocycles. The highest BCUT2D eigenvalue weighted by atomic mass is 35.5. The van der Waals surface area contributed by atoms with Crippen molar-refractivity contribution in [1.82, 2.24) is 10.0 Å². The first-order valence-electron chi connectivity index (χ1n) is 6.58. The Hall–Kier alpha value is -0.0800. The first kappa shape index (κ1) is 20.0. The molecule has 0 aliphatic carbocycles. The highest BCUT2D eigenvalue weighted by Crippen LogP contribution is 2.29. The first-order valence-corrected chi connectivity index (χ1v) is 8.82. The molecule has 5 nitrogen and oxygen atoms in total. The predicted octanol–water partition coefficient (Wildman–Crippen LogP) is 2.46. The van der Waals surface area contributed by atoms with Gasteiger partial charge in [0, 0.05) is 13.7 Å². The minimum Gasteiger partial charge on any atom is -0.383 e. The molecule has 1 atom stereocenters. The standard InChI is InChI=1S/C13H18Cl2N2O3S.ClH/c1-20-9-13(6-3-7-16-13)8-17-21(18,19)12-10(14)4-2-5-11(12)15;/h2,4-5,16-17H,3,6-9H2,1H3;1H.